The van der Waals surface area contributed by atoms with Crippen LogP contribution in [0.4, 0.5) is 8.78 Å². The minimum absolute atomic E-state index is 0.0331. The Kier molecular flexibility index (Phi) is 4.11. The van der Waals surface area contributed by atoms with Gasteiger partial charge in [-0.15, -0.1) is 0 Å². The van der Waals surface area contributed by atoms with Crippen LogP contribution >= 0.6 is 0 Å². The van der Waals surface area contributed by atoms with Gasteiger partial charge >= 0.3 is 6.61 Å². The van der Waals surface area contributed by atoms with Crippen LogP contribution in [0.5, 0.6) is 5.75 Å². The van der Waals surface area contributed by atoms with E-state index < -0.39 is 12.7 Å². The highest BCUT2D eigenvalue weighted by Gasteiger charge is 2.18. The number of ether oxygens (including phenoxy) is 1. The van der Waals surface area contributed by atoms with Gasteiger partial charge in [-0.25, -0.2) is 0 Å². The van der Waals surface area contributed by atoms with E-state index in [1.807, 2.05) is 6.92 Å². The Bertz CT molecular complexity index is 543. The molecule has 1 aromatic heterocycles. The van der Waals surface area contributed by atoms with Crippen molar-refractivity contribution in [3.63, 3.8) is 0 Å². The molecule has 0 radical (unpaired) electrons. The van der Waals surface area contributed by atoms with E-state index in [0.29, 0.717) is 17.7 Å². The number of benzene rings is 1. The van der Waals surface area contributed by atoms with Gasteiger partial charge in [0.25, 0.3) is 0 Å². The van der Waals surface area contributed by atoms with Crippen LogP contribution < -0.4 is 4.74 Å². The second-order valence-corrected chi connectivity index (χ2v) is 3.95. The summed E-state index contributed by atoms with van der Waals surface area (Å²) < 4.78 is 30.7. The van der Waals surface area contributed by atoms with Crippen LogP contribution in [-0.2, 0) is 6.54 Å². The van der Waals surface area contributed by atoms with Gasteiger partial charge in [-0.3, -0.25) is 4.68 Å². The summed E-state index contributed by atoms with van der Waals surface area (Å²) in [5.41, 5.74) is 0.825. The molecule has 0 amide bonds. The van der Waals surface area contributed by atoms with Gasteiger partial charge in [0, 0.05) is 23.9 Å². The zero-order valence-electron chi connectivity index (χ0n) is 10.3. The molecule has 0 bridgehead atoms. The van der Waals surface area contributed by atoms with E-state index >= 15 is 0 Å². The van der Waals surface area contributed by atoms with Crippen LogP contribution in [0, 0.1) is 0 Å². The Hall–Kier alpha value is -1.95. The first kappa shape index (κ1) is 13.5. The zero-order valence-corrected chi connectivity index (χ0v) is 10.3. The maximum atomic E-state index is 12.3. The number of halogens is 2. The molecule has 0 aliphatic heterocycles. The molecule has 0 aliphatic carbocycles. The Balaban J connectivity index is 2.29. The molecule has 0 spiro atoms. The second-order valence-electron chi connectivity index (χ2n) is 3.95. The number of aryl methyl sites for hydroxylation is 1. The SMILES string of the molecule is CCn1cc(C(O)c2ccccc2OC(F)F)cn1. The standard InChI is InChI=1S/C13H14F2N2O2/c1-2-17-8-9(7-16-17)12(18)10-5-3-4-6-11(10)19-13(14)15/h3-8,12-13,18H,2H2,1H3. The van der Waals surface area contributed by atoms with Crippen molar-refractivity contribution in [2.24, 2.45) is 0 Å². The first-order chi connectivity index (χ1) is 9.11. The molecule has 2 aromatic rings. The lowest BCUT2D eigenvalue weighted by molar-refractivity contribution is -0.0512. The van der Waals surface area contributed by atoms with E-state index in [1.165, 1.54) is 12.3 Å². The highest BCUT2D eigenvalue weighted by Crippen LogP contribution is 2.30. The van der Waals surface area contributed by atoms with Crippen LogP contribution in [0.1, 0.15) is 24.2 Å². The van der Waals surface area contributed by atoms with E-state index in [0.717, 1.165) is 0 Å². The van der Waals surface area contributed by atoms with E-state index in [2.05, 4.69) is 9.84 Å². The maximum Gasteiger partial charge on any atom is 0.387 e. The fraction of sp³-hybridized carbons (Fsp3) is 0.308. The molecular formula is C13H14F2N2O2. The maximum absolute atomic E-state index is 12.3. The van der Waals surface area contributed by atoms with Gasteiger partial charge in [-0.05, 0) is 13.0 Å². The number of nitrogens with zero attached hydrogens (tertiary/aromatic N) is 2. The van der Waals surface area contributed by atoms with Crippen molar-refractivity contribution in [3.8, 4) is 5.75 Å². The fourth-order valence-electron chi connectivity index (χ4n) is 1.78. The van der Waals surface area contributed by atoms with Crippen molar-refractivity contribution in [2.75, 3.05) is 0 Å². The Morgan fingerprint density at radius 2 is 2.11 bits per heavy atom. The number of hydrogen-bond donors (Lipinski definition) is 1. The molecule has 6 heteroatoms. The molecule has 1 heterocycles. The number of aliphatic hydroxyl groups is 1. The minimum atomic E-state index is -2.92. The monoisotopic (exact) mass is 268 g/mol. The van der Waals surface area contributed by atoms with Gasteiger partial charge in [-0.1, -0.05) is 18.2 Å². The van der Waals surface area contributed by atoms with Crippen molar-refractivity contribution < 1.29 is 18.6 Å². The Morgan fingerprint density at radius 3 is 2.74 bits per heavy atom. The summed E-state index contributed by atoms with van der Waals surface area (Å²) in [6, 6.07) is 6.17. The first-order valence-corrected chi connectivity index (χ1v) is 5.86. The summed E-state index contributed by atoms with van der Waals surface area (Å²) in [6.07, 6.45) is 2.13. The summed E-state index contributed by atoms with van der Waals surface area (Å²) in [5.74, 6) is -0.0331. The van der Waals surface area contributed by atoms with Crippen LogP contribution in [-0.4, -0.2) is 21.5 Å². The van der Waals surface area contributed by atoms with Crippen LogP contribution in [0.25, 0.3) is 0 Å². The van der Waals surface area contributed by atoms with Gasteiger partial charge in [0.05, 0.1) is 6.20 Å². The third-order valence-corrected chi connectivity index (χ3v) is 2.72. The average molecular weight is 268 g/mol. The van der Waals surface area contributed by atoms with E-state index in [9.17, 15) is 13.9 Å². The van der Waals surface area contributed by atoms with E-state index in [-0.39, 0.29) is 5.75 Å². The van der Waals surface area contributed by atoms with Gasteiger partial charge in [0.1, 0.15) is 11.9 Å². The van der Waals surface area contributed by atoms with Crippen LogP contribution in [0.2, 0.25) is 0 Å². The molecule has 1 N–H and O–H groups in total. The molecule has 19 heavy (non-hydrogen) atoms. The van der Waals surface area contributed by atoms with E-state index in [4.69, 9.17) is 0 Å². The van der Waals surface area contributed by atoms with E-state index in [1.54, 1.807) is 29.1 Å². The summed E-state index contributed by atoms with van der Waals surface area (Å²) in [4.78, 5) is 0. The third kappa shape index (κ3) is 3.08. The first-order valence-electron chi connectivity index (χ1n) is 5.86. The van der Waals surface area contributed by atoms with Crippen LogP contribution in [0.3, 0.4) is 0 Å². The van der Waals surface area contributed by atoms with Gasteiger partial charge in [0.2, 0.25) is 0 Å². The van der Waals surface area contributed by atoms with Gasteiger partial charge < -0.3 is 9.84 Å². The van der Waals surface area contributed by atoms with Gasteiger partial charge in [-0.2, -0.15) is 13.9 Å². The number of rotatable bonds is 5. The normalized spacial score (nSPS) is 12.7. The molecule has 0 saturated carbocycles. The third-order valence-electron chi connectivity index (χ3n) is 2.72. The molecule has 4 nitrogen and oxygen atoms in total. The lowest BCUT2D eigenvalue weighted by atomic mass is 10.0. The summed E-state index contributed by atoms with van der Waals surface area (Å²) in [5, 5.41) is 14.3. The van der Waals surface area contributed by atoms with Crippen molar-refractivity contribution in [2.45, 2.75) is 26.2 Å². The van der Waals surface area contributed by atoms with Gasteiger partial charge in [0.15, 0.2) is 0 Å². The molecule has 0 aliphatic rings. The molecule has 1 unspecified atom stereocenters. The minimum Gasteiger partial charge on any atom is -0.434 e. The highest BCUT2D eigenvalue weighted by molar-refractivity contribution is 5.39. The molecular weight excluding hydrogens is 254 g/mol. The average Bonchev–Trinajstić information content (AvgIpc) is 2.86. The molecule has 102 valence electrons. The Morgan fingerprint density at radius 1 is 1.37 bits per heavy atom. The van der Waals surface area contributed by atoms with Crippen molar-refractivity contribution in [1.29, 1.82) is 0 Å². The number of para-hydroxylation sites is 1. The Labute approximate surface area is 109 Å². The van der Waals surface area contributed by atoms with Crippen LogP contribution in [0.15, 0.2) is 36.7 Å². The van der Waals surface area contributed by atoms with Crippen molar-refractivity contribution >= 4 is 0 Å². The predicted octanol–water partition coefficient (Wildman–Crippen LogP) is 2.59. The largest absolute Gasteiger partial charge is 0.434 e. The van der Waals surface area contributed by atoms with Crippen molar-refractivity contribution in [1.82, 2.24) is 9.78 Å². The molecule has 1 atom stereocenters. The topological polar surface area (TPSA) is 47.3 Å². The number of aliphatic hydroxyl groups excluding tert-OH is 1. The fourth-order valence-corrected chi connectivity index (χ4v) is 1.78. The summed E-state index contributed by atoms with van der Waals surface area (Å²) in [7, 11) is 0. The molecule has 2 rings (SSSR count). The molecule has 1 aromatic carbocycles. The zero-order chi connectivity index (χ0) is 13.8. The van der Waals surface area contributed by atoms with Crippen molar-refractivity contribution in [3.05, 3.63) is 47.8 Å². The predicted molar refractivity (Wildman–Crippen MR) is 65.0 cm³/mol. The second kappa shape index (κ2) is 5.79. The summed E-state index contributed by atoms with van der Waals surface area (Å²) in [6.45, 7) is -0.342. The molecule has 0 saturated heterocycles. The number of alkyl halides is 2. The lowest BCUT2D eigenvalue weighted by Crippen LogP contribution is -2.07. The number of hydrogen-bond acceptors (Lipinski definition) is 3. The molecule has 0 fully saturated rings. The quantitative estimate of drug-likeness (QED) is 0.906. The summed E-state index contributed by atoms with van der Waals surface area (Å²) >= 11 is 0. The smallest absolute Gasteiger partial charge is 0.387 e. The number of aromatic nitrogens is 2. The lowest BCUT2D eigenvalue weighted by Gasteiger charge is -2.14. The highest BCUT2D eigenvalue weighted by atomic mass is 19.3.